The van der Waals surface area contributed by atoms with E-state index in [1.54, 1.807) is 13.0 Å². The molecule has 0 aromatic heterocycles. The zero-order chi connectivity index (χ0) is 15.6. The molecule has 1 aromatic rings. The molecule has 1 aliphatic heterocycles. The van der Waals surface area contributed by atoms with Crippen molar-refractivity contribution in [1.82, 2.24) is 5.32 Å². The zero-order valence-corrected chi connectivity index (χ0v) is 11.6. The van der Waals surface area contributed by atoms with Crippen LogP contribution < -0.4 is 5.32 Å². The first-order chi connectivity index (χ1) is 9.93. The number of benzene rings is 1. The molecule has 0 saturated carbocycles. The third kappa shape index (κ3) is 2.91. The van der Waals surface area contributed by atoms with E-state index in [2.05, 4.69) is 5.32 Å². The van der Waals surface area contributed by atoms with Crippen molar-refractivity contribution in [3.63, 3.8) is 0 Å². The van der Waals surface area contributed by atoms with Crippen molar-refractivity contribution < 1.29 is 19.2 Å². The minimum atomic E-state index is -0.552. The first kappa shape index (κ1) is 14.7. The Bertz CT molecular complexity index is 651. The van der Waals surface area contributed by atoms with Crippen molar-refractivity contribution in [3.05, 3.63) is 51.2 Å². The Kier molecular flexibility index (Phi) is 4.02. The second kappa shape index (κ2) is 5.74. The number of nitrogens with zero attached hydrogens (tertiary/aromatic N) is 1. The lowest BCUT2D eigenvalue weighted by molar-refractivity contribution is -0.384. The van der Waals surface area contributed by atoms with Gasteiger partial charge < -0.3 is 10.1 Å². The fraction of sp³-hybridized carbons (Fsp3) is 0.286. The predicted octanol–water partition coefficient (Wildman–Crippen LogP) is 1.65. The van der Waals surface area contributed by atoms with Gasteiger partial charge in [-0.15, -0.1) is 0 Å². The molecule has 0 saturated heterocycles. The number of ether oxygens (including phenoxy) is 1. The van der Waals surface area contributed by atoms with E-state index in [1.807, 2.05) is 0 Å². The summed E-state index contributed by atoms with van der Waals surface area (Å²) < 4.78 is 4.74. The third-order valence-corrected chi connectivity index (χ3v) is 3.36. The number of carbonyl (C=O) groups excluding carboxylic acids is 2. The number of nitro groups is 1. The Balaban J connectivity index is 2.51. The van der Waals surface area contributed by atoms with Crippen molar-refractivity contribution in [2.45, 2.75) is 19.3 Å². The Morgan fingerprint density at radius 3 is 2.81 bits per heavy atom. The van der Waals surface area contributed by atoms with Gasteiger partial charge in [0.15, 0.2) is 0 Å². The molecule has 0 radical (unpaired) electrons. The molecule has 110 valence electrons. The fourth-order valence-corrected chi connectivity index (χ4v) is 2.42. The molecule has 7 nitrogen and oxygen atoms in total. The number of esters is 1. The number of carbonyl (C=O) groups is 2. The average molecular weight is 290 g/mol. The molecule has 1 N–H and O–H groups in total. The van der Waals surface area contributed by atoms with Crippen LogP contribution in [-0.4, -0.2) is 23.9 Å². The summed E-state index contributed by atoms with van der Waals surface area (Å²) in [6.45, 7) is 1.60. The van der Waals surface area contributed by atoms with E-state index in [4.69, 9.17) is 4.74 Å². The number of hydrogen-bond acceptors (Lipinski definition) is 5. The first-order valence-electron chi connectivity index (χ1n) is 6.27. The topological polar surface area (TPSA) is 98.5 Å². The summed E-state index contributed by atoms with van der Waals surface area (Å²) in [7, 11) is 1.25. The predicted molar refractivity (Wildman–Crippen MR) is 73.3 cm³/mol. The Hall–Kier alpha value is -2.70. The molecule has 1 amide bonds. The lowest BCUT2D eigenvalue weighted by Gasteiger charge is -2.26. The first-order valence-corrected chi connectivity index (χ1v) is 6.27. The normalized spacial score (nSPS) is 18.2. The molecule has 0 aliphatic carbocycles. The highest BCUT2D eigenvalue weighted by molar-refractivity contribution is 5.95. The molecule has 0 spiro atoms. The van der Waals surface area contributed by atoms with E-state index in [9.17, 15) is 19.7 Å². The number of allylic oxidation sites excluding steroid dienone is 1. The third-order valence-electron chi connectivity index (χ3n) is 3.36. The maximum absolute atomic E-state index is 11.9. The molecule has 1 aliphatic rings. The molecule has 21 heavy (non-hydrogen) atoms. The number of hydrogen-bond donors (Lipinski definition) is 1. The lowest BCUT2D eigenvalue weighted by Crippen LogP contribution is -2.34. The summed E-state index contributed by atoms with van der Waals surface area (Å²) in [5.41, 5.74) is 1.19. The summed E-state index contributed by atoms with van der Waals surface area (Å²) in [6.07, 6.45) is 0.0446. The average Bonchev–Trinajstić information content (AvgIpc) is 2.45. The second-order valence-corrected chi connectivity index (χ2v) is 4.69. The molecule has 2 rings (SSSR count). The van der Waals surface area contributed by atoms with Gasteiger partial charge in [-0.25, -0.2) is 4.79 Å². The quantitative estimate of drug-likeness (QED) is 0.518. The highest BCUT2D eigenvalue weighted by atomic mass is 16.6. The van der Waals surface area contributed by atoms with Gasteiger partial charge in [0.2, 0.25) is 5.91 Å². The molecule has 7 heteroatoms. The number of methoxy groups -OCH3 is 1. The summed E-state index contributed by atoms with van der Waals surface area (Å²) in [4.78, 5) is 34.0. The highest BCUT2D eigenvalue weighted by Crippen LogP contribution is 2.34. The Morgan fingerprint density at radius 2 is 2.19 bits per heavy atom. The van der Waals surface area contributed by atoms with Crippen LogP contribution in [0.3, 0.4) is 0 Å². The molecule has 0 unspecified atom stereocenters. The molecule has 1 atom stereocenters. The molecule has 0 bridgehead atoms. The number of nitrogens with one attached hydrogen (secondary N) is 1. The van der Waals surface area contributed by atoms with Gasteiger partial charge in [0.25, 0.3) is 5.69 Å². The maximum Gasteiger partial charge on any atom is 0.336 e. The second-order valence-electron chi connectivity index (χ2n) is 4.69. The van der Waals surface area contributed by atoms with Crippen LogP contribution in [0, 0.1) is 10.1 Å². The van der Waals surface area contributed by atoms with Gasteiger partial charge in [0, 0.05) is 30.2 Å². The Labute approximate surface area is 120 Å². The number of rotatable bonds is 3. The van der Waals surface area contributed by atoms with Gasteiger partial charge in [-0.1, -0.05) is 12.1 Å². The van der Waals surface area contributed by atoms with Gasteiger partial charge >= 0.3 is 5.97 Å². The van der Waals surface area contributed by atoms with Crippen molar-refractivity contribution >= 4 is 17.6 Å². The largest absolute Gasteiger partial charge is 0.466 e. The van der Waals surface area contributed by atoms with Crippen molar-refractivity contribution in [2.75, 3.05) is 7.11 Å². The van der Waals surface area contributed by atoms with Gasteiger partial charge in [0.1, 0.15) is 0 Å². The standard InChI is InChI=1S/C14H14N2O5/c1-8-13(14(18)21-2)11(7-12(17)15-8)9-4-3-5-10(6-9)16(19)20/h3-6,11H,7H2,1-2H3,(H,15,17)/t11-/m1/s1. The maximum atomic E-state index is 11.9. The summed E-state index contributed by atoms with van der Waals surface area (Å²) >= 11 is 0. The van der Waals surface area contributed by atoms with Crippen LogP contribution in [0.1, 0.15) is 24.8 Å². The molecule has 0 fully saturated rings. The van der Waals surface area contributed by atoms with Crippen molar-refractivity contribution in [3.8, 4) is 0 Å². The molecular weight excluding hydrogens is 276 g/mol. The van der Waals surface area contributed by atoms with Crippen LogP contribution in [0.2, 0.25) is 0 Å². The van der Waals surface area contributed by atoms with Gasteiger partial charge in [-0.2, -0.15) is 0 Å². The number of non-ortho nitro benzene ring substituents is 1. The van der Waals surface area contributed by atoms with E-state index < -0.39 is 16.8 Å². The van der Waals surface area contributed by atoms with E-state index in [0.717, 1.165) is 0 Å². The van der Waals surface area contributed by atoms with E-state index in [0.29, 0.717) is 16.8 Å². The SMILES string of the molecule is COC(=O)C1=C(C)NC(=O)C[C@@H]1c1cccc([N+](=O)[O-])c1. The number of amides is 1. The smallest absolute Gasteiger partial charge is 0.336 e. The van der Waals surface area contributed by atoms with Crippen molar-refractivity contribution in [2.24, 2.45) is 0 Å². The van der Waals surface area contributed by atoms with Crippen LogP contribution in [0.4, 0.5) is 5.69 Å². The summed E-state index contributed by atoms with van der Waals surface area (Å²) in [5, 5.41) is 13.4. The van der Waals surface area contributed by atoms with Crippen molar-refractivity contribution in [1.29, 1.82) is 0 Å². The minimum Gasteiger partial charge on any atom is -0.466 e. The molecule has 1 aromatic carbocycles. The van der Waals surface area contributed by atoms with Gasteiger partial charge in [0.05, 0.1) is 17.6 Å². The summed E-state index contributed by atoms with van der Waals surface area (Å²) in [5.74, 6) is -1.34. The number of nitro benzene ring substituents is 1. The van der Waals surface area contributed by atoms with E-state index >= 15 is 0 Å². The minimum absolute atomic E-state index is 0.0446. The van der Waals surface area contributed by atoms with E-state index in [1.165, 1.54) is 25.3 Å². The van der Waals surface area contributed by atoms with Crippen LogP contribution >= 0.6 is 0 Å². The summed E-state index contributed by atoms with van der Waals surface area (Å²) in [6, 6.07) is 5.93. The van der Waals surface area contributed by atoms with Gasteiger partial charge in [-0.05, 0) is 12.5 Å². The Morgan fingerprint density at radius 1 is 1.48 bits per heavy atom. The fourth-order valence-electron chi connectivity index (χ4n) is 2.42. The zero-order valence-electron chi connectivity index (χ0n) is 11.6. The monoisotopic (exact) mass is 290 g/mol. The van der Waals surface area contributed by atoms with Crippen LogP contribution in [0.15, 0.2) is 35.5 Å². The van der Waals surface area contributed by atoms with E-state index in [-0.39, 0.29) is 18.0 Å². The van der Waals surface area contributed by atoms with Crippen LogP contribution in [-0.2, 0) is 14.3 Å². The lowest BCUT2D eigenvalue weighted by atomic mass is 9.84. The molecule has 1 heterocycles. The van der Waals surface area contributed by atoms with Crippen LogP contribution in [0.5, 0.6) is 0 Å². The van der Waals surface area contributed by atoms with Crippen LogP contribution in [0.25, 0.3) is 0 Å². The molecular formula is C14H14N2O5. The highest BCUT2D eigenvalue weighted by Gasteiger charge is 2.32. The van der Waals surface area contributed by atoms with Gasteiger partial charge in [-0.3, -0.25) is 14.9 Å².